The highest BCUT2D eigenvalue weighted by atomic mass is 15.1. The summed E-state index contributed by atoms with van der Waals surface area (Å²) in [6.07, 6.45) is 0. The third-order valence-electron chi connectivity index (χ3n) is 12.1. The SMILES string of the molecule is c1ccc(-c2ccc(-c3ccc(N(c4ccc(-n5c6ccccc6c6ccccc65)cc4)c4ccccc4-c4ccccc4-c4ccccc4-c4ccccc4)cc3)cc2)cc1. The van der Waals surface area contributed by atoms with Gasteiger partial charge >= 0.3 is 0 Å². The third kappa shape index (κ3) is 6.74. The summed E-state index contributed by atoms with van der Waals surface area (Å²) in [4.78, 5) is 2.41. The molecule has 0 amide bonds. The van der Waals surface area contributed by atoms with E-state index in [0.29, 0.717) is 0 Å². The minimum Gasteiger partial charge on any atom is -0.310 e. The molecule has 0 saturated heterocycles. The van der Waals surface area contributed by atoms with Gasteiger partial charge in [-0.15, -0.1) is 0 Å². The predicted molar refractivity (Wildman–Crippen MR) is 263 cm³/mol. The molecule has 1 aromatic heterocycles. The largest absolute Gasteiger partial charge is 0.310 e. The molecule has 0 aliphatic carbocycles. The molecule has 62 heavy (non-hydrogen) atoms. The number of benzene rings is 10. The summed E-state index contributed by atoms with van der Waals surface area (Å²) in [7, 11) is 0. The molecule has 0 spiro atoms. The van der Waals surface area contributed by atoms with E-state index in [1.54, 1.807) is 0 Å². The zero-order valence-electron chi connectivity index (χ0n) is 34.1. The van der Waals surface area contributed by atoms with E-state index in [2.05, 4.69) is 264 Å². The molecule has 11 rings (SSSR count). The first-order valence-corrected chi connectivity index (χ1v) is 21.3. The quantitative estimate of drug-likeness (QED) is 0.141. The average molecular weight is 791 g/mol. The van der Waals surface area contributed by atoms with Crippen LogP contribution in [0.5, 0.6) is 0 Å². The van der Waals surface area contributed by atoms with Gasteiger partial charge in [0.25, 0.3) is 0 Å². The maximum Gasteiger partial charge on any atom is 0.0541 e. The minimum atomic E-state index is 1.07. The van der Waals surface area contributed by atoms with Crippen LogP contribution in [-0.4, -0.2) is 4.57 Å². The van der Waals surface area contributed by atoms with Crippen LogP contribution in [-0.2, 0) is 0 Å². The summed E-state index contributed by atoms with van der Waals surface area (Å²) in [6, 6.07) is 92.0. The van der Waals surface area contributed by atoms with Crippen molar-refractivity contribution < 1.29 is 0 Å². The fourth-order valence-electron chi connectivity index (χ4n) is 9.10. The van der Waals surface area contributed by atoms with E-state index >= 15 is 0 Å². The molecule has 1 heterocycles. The summed E-state index contributed by atoms with van der Waals surface area (Å²) < 4.78 is 2.38. The Hall–Kier alpha value is -8.20. The molecular weight excluding hydrogens is 749 g/mol. The van der Waals surface area contributed by atoms with Crippen LogP contribution in [0.1, 0.15) is 0 Å². The Labute approximate surface area is 362 Å². The predicted octanol–water partition coefficient (Wildman–Crippen LogP) is 16.6. The molecule has 2 nitrogen and oxygen atoms in total. The Bertz CT molecular complexity index is 3260. The number of fused-ring (bicyclic) bond motifs is 3. The lowest BCUT2D eigenvalue weighted by Crippen LogP contribution is -2.11. The van der Waals surface area contributed by atoms with Crippen LogP contribution in [0.2, 0.25) is 0 Å². The smallest absolute Gasteiger partial charge is 0.0541 e. The van der Waals surface area contributed by atoms with E-state index in [9.17, 15) is 0 Å². The monoisotopic (exact) mass is 790 g/mol. The number of aromatic nitrogens is 1. The summed E-state index contributed by atoms with van der Waals surface area (Å²) >= 11 is 0. The van der Waals surface area contributed by atoms with Gasteiger partial charge in [-0.05, 0) is 105 Å². The van der Waals surface area contributed by atoms with Gasteiger partial charge in [-0.2, -0.15) is 0 Å². The normalized spacial score (nSPS) is 11.2. The first-order chi connectivity index (χ1) is 30.8. The minimum absolute atomic E-state index is 1.07. The Balaban J connectivity index is 1.05. The van der Waals surface area contributed by atoms with Gasteiger partial charge in [0.2, 0.25) is 0 Å². The molecule has 0 N–H and O–H groups in total. The maximum atomic E-state index is 2.41. The second-order valence-corrected chi connectivity index (χ2v) is 15.7. The fraction of sp³-hybridized carbons (Fsp3) is 0. The van der Waals surface area contributed by atoms with Gasteiger partial charge in [-0.1, -0.05) is 200 Å². The number of nitrogens with zero attached hydrogens (tertiary/aromatic N) is 2. The van der Waals surface area contributed by atoms with Crippen molar-refractivity contribution in [2.75, 3.05) is 4.90 Å². The molecule has 0 saturated carbocycles. The van der Waals surface area contributed by atoms with Gasteiger partial charge in [0, 0.05) is 33.4 Å². The van der Waals surface area contributed by atoms with Gasteiger partial charge in [-0.3, -0.25) is 0 Å². The van der Waals surface area contributed by atoms with E-state index in [1.165, 1.54) is 71.9 Å². The van der Waals surface area contributed by atoms with Crippen molar-refractivity contribution in [3.8, 4) is 61.3 Å². The second kappa shape index (κ2) is 16.1. The van der Waals surface area contributed by atoms with E-state index in [4.69, 9.17) is 0 Å². The zero-order chi connectivity index (χ0) is 41.2. The number of rotatable bonds is 9. The van der Waals surface area contributed by atoms with Crippen LogP contribution < -0.4 is 4.90 Å². The molecule has 0 fully saturated rings. The topological polar surface area (TPSA) is 8.17 Å². The lowest BCUT2D eigenvalue weighted by Gasteiger charge is -2.29. The first-order valence-electron chi connectivity index (χ1n) is 21.3. The summed E-state index contributed by atoms with van der Waals surface area (Å²) in [5.74, 6) is 0. The summed E-state index contributed by atoms with van der Waals surface area (Å²) in [6.45, 7) is 0. The molecule has 0 radical (unpaired) electrons. The van der Waals surface area contributed by atoms with Crippen molar-refractivity contribution in [3.63, 3.8) is 0 Å². The van der Waals surface area contributed by atoms with Crippen molar-refractivity contribution in [2.24, 2.45) is 0 Å². The van der Waals surface area contributed by atoms with Crippen LogP contribution in [0.3, 0.4) is 0 Å². The van der Waals surface area contributed by atoms with Crippen molar-refractivity contribution >= 4 is 38.9 Å². The van der Waals surface area contributed by atoms with Crippen LogP contribution in [0, 0.1) is 0 Å². The molecule has 0 bridgehead atoms. The summed E-state index contributed by atoms with van der Waals surface area (Å²) in [5.41, 5.74) is 18.7. The van der Waals surface area contributed by atoms with E-state index in [0.717, 1.165) is 28.3 Å². The number of para-hydroxylation sites is 3. The Morgan fingerprint density at radius 2 is 0.597 bits per heavy atom. The first kappa shape index (κ1) is 36.8. The Morgan fingerprint density at radius 1 is 0.242 bits per heavy atom. The Kier molecular flexibility index (Phi) is 9.57. The maximum absolute atomic E-state index is 2.41. The average Bonchev–Trinajstić information content (AvgIpc) is 3.70. The van der Waals surface area contributed by atoms with Crippen molar-refractivity contribution in [1.82, 2.24) is 4.57 Å². The van der Waals surface area contributed by atoms with Crippen LogP contribution in [0.4, 0.5) is 17.1 Å². The van der Waals surface area contributed by atoms with Gasteiger partial charge < -0.3 is 9.47 Å². The lowest BCUT2D eigenvalue weighted by molar-refractivity contribution is 1.17. The molecular formula is C60H42N2. The molecule has 0 aliphatic heterocycles. The number of hydrogen-bond acceptors (Lipinski definition) is 1. The molecule has 292 valence electrons. The fourth-order valence-corrected chi connectivity index (χ4v) is 9.10. The van der Waals surface area contributed by atoms with Crippen LogP contribution in [0.15, 0.2) is 255 Å². The highest BCUT2D eigenvalue weighted by Gasteiger charge is 2.21. The van der Waals surface area contributed by atoms with E-state index in [1.807, 2.05) is 0 Å². The Morgan fingerprint density at radius 3 is 1.15 bits per heavy atom. The van der Waals surface area contributed by atoms with Crippen molar-refractivity contribution in [1.29, 1.82) is 0 Å². The number of anilines is 3. The highest BCUT2D eigenvalue weighted by Crippen LogP contribution is 2.46. The summed E-state index contributed by atoms with van der Waals surface area (Å²) in [5, 5.41) is 2.51. The molecule has 2 heteroatoms. The lowest BCUT2D eigenvalue weighted by atomic mass is 9.88. The van der Waals surface area contributed by atoms with Gasteiger partial charge in [-0.25, -0.2) is 0 Å². The van der Waals surface area contributed by atoms with Crippen molar-refractivity contribution in [2.45, 2.75) is 0 Å². The molecule has 0 aliphatic rings. The molecule has 0 unspecified atom stereocenters. The van der Waals surface area contributed by atoms with Gasteiger partial charge in [0.05, 0.1) is 16.7 Å². The zero-order valence-corrected chi connectivity index (χ0v) is 34.1. The van der Waals surface area contributed by atoms with Crippen LogP contribution in [0.25, 0.3) is 83.1 Å². The van der Waals surface area contributed by atoms with E-state index < -0.39 is 0 Å². The third-order valence-corrected chi connectivity index (χ3v) is 12.1. The molecule has 10 aromatic carbocycles. The number of hydrogen-bond donors (Lipinski definition) is 0. The van der Waals surface area contributed by atoms with Gasteiger partial charge in [0.1, 0.15) is 0 Å². The molecule has 0 atom stereocenters. The van der Waals surface area contributed by atoms with Crippen molar-refractivity contribution in [3.05, 3.63) is 255 Å². The van der Waals surface area contributed by atoms with Crippen LogP contribution >= 0.6 is 0 Å². The second-order valence-electron chi connectivity index (χ2n) is 15.7. The standard InChI is InChI=1S/C60H42N2/c1-3-17-43(18-4-1)44-31-33-45(34-32-44)46-35-37-48(38-36-46)61(49-39-41-50(42-40-49)62-59-29-15-12-26-56(59)57-27-13-16-30-60(57)62)58-28-14-11-25-55(58)54-24-10-9-23-53(54)52-22-8-7-21-51(52)47-19-5-2-6-20-47/h1-42H. The van der Waals surface area contributed by atoms with E-state index in [-0.39, 0.29) is 0 Å². The molecule has 11 aromatic rings. The van der Waals surface area contributed by atoms with Gasteiger partial charge in [0.15, 0.2) is 0 Å². The highest BCUT2D eigenvalue weighted by molar-refractivity contribution is 6.09.